The second-order valence-electron chi connectivity index (χ2n) is 8.75. The highest BCUT2D eigenvalue weighted by Crippen LogP contribution is 2.34. The molecule has 7 nitrogen and oxygen atoms in total. The highest BCUT2D eigenvalue weighted by atomic mass is 28.4. The molecule has 1 aromatic rings. The van der Waals surface area contributed by atoms with Gasteiger partial charge in [0.05, 0.1) is 18.6 Å². The fraction of sp³-hybridized carbons (Fsp3) is 0.765. The van der Waals surface area contributed by atoms with Crippen molar-refractivity contribution in [1.82, 2.24) is 9.55 Å². The summed E-state index contributed by atoms with van der Waals surface area (Å²) in [6.07, 6.45) is 1.55. The Hall–Kier alpha value is -1.01. The molecular formula is C17H32N2O5Si2. The molecule has 26 heavy (non-hydrogen) atoms. The van der Waals surface area contributed by atoms with Gasteiger partial charge in [-0.1, -0.05) is 6.92 Å². The minimum absolute atomic E-state index is 0.0956. The number of hydrogen-bond donors (Lipinski definition) is 1. The zero-order chi connectivity index (χ0) is 19.7. The Kier molecular flexibility index (Phi) is 6.50. The highest BCUT2D eigenvalue weighted by Gasteiger charge is 2.42. The molecule has 2 heterocycles. The van der Waals surface area contributed by atoms with Crippen LogP contribution in [-0.2, 0) is 20.0 Å². The van der Waals surface area contributed by atoms with E-state index in [-0.39, 0.29) is 17.6 Å². The number of aromatic nitrogens is 2. The summed E-state index contributed by atoms with van der Waals surface area (Å²) in [4.78, 5) is 26.7. The predicted octanol–water partition coefficient (Wildman–Crippen LogP) is 2.32. The van der Waals surface area contributed by atoms with Crippen molar-refractivity contribution in [3.63, 3.8) is 0 Å². The van der Waals surface area contributed by atoms with E-state index in [4.69, 9.17) is 13.6 Å². The molecule has 2 rings (SSSR count). The van der Waals surface area contributed by atoms with Gasteiger partial charge in [-0.05, 0) is 45.7 Å². The lowest BCUT2D eigenvalue weighted by atomic mass is 10.0. The Morgan fingerprint density at radius 3 is 2.38 bits per heavy atom. The van der Waals surface area contributed by atoms with E-state index in [0.29, 0.717) is 25.2 Å². The lowest BCUT2D eigenvalue weighted by Gasteiger charge is -2.30. The molecule has 1 aromatic heterocycles. The van der Waals surface area contributed by atoms with Crippen molar-refractivity contribution in [2.24, 2.45) is 5.92 Å². The molecule has 1 fully saturated rings. The zero-order valence-electron chi connectivity index (χ0n) is 16.9. The van der Waals surface area contributed by atoms with Crippen LogP contribution >= 0.6 is 0 Å². The van der Waals surface area contributed by atoms with Gasteiger partial charge in [0.2, 0.25) is 0 Å². The van der Waals surface area contributed by atoms with Gasteiger partial charge >= 0.3 is 5.69 Å². The lowest BCUT2D eigenvalue weighted by molar-refractivity contribution is 0.0155. The summed E-state index contributed by atoms with van der Waals surface area (Å²) in [5.74, 6) is -0.0956. The standard InChI is InChI=1S/C17H32N2O5Si2/c1-8-12-9-19(17(21)18-15(12)20)16-13(10-23-25(2,3)4)14(11-22-16)24-26(5,6)7/h9,13-14,16H,8,10-11H2,1-7H3,(H,18,20,21). The van der Waals surface area contributed by atoms with Crippen molar-refractivity contribution >= 4 is 16.6 Å². The number of nitrogens with zero attached hydrogens (tertiary/aromatic N) is 1. The molecule has 0 bridgehead atoms. The largest absolute Gasteiger partial charge is 0.417 e. The summed E-state index contributed by atoms with van der Waals surface area (Å²) in [5, 5.41) is 0. The van der Waals surface area contributed by atoms with Crippen molar-refractivity contribution in [2.75, 3.05) is 13.2 Å². The SMILES string of the molecule is CCc1cn(C2OCC(O[Si](C)(C)C)C2CO[Si](C)(C)C)c(=O)[nH]c1=O. The molecule has 0 radical (unpaired) electrons. The molecule has 1 aliphatic rings. The van der Waals surface area contributed by atoms with Crippen molar-refractivity contribution in [1.29, 1.82) is 0 Å². The fourth-order valence-electron chi connectivity index (χ4n) is 2.99. The zero-order valence-corrected chi connectivity index (χ0v) is 18.9. The van der Waals surface area contributed by atoms with Crippen LogP contribution in [0.4, 0.5) is 0 Å². The molecule has 148 valence electrons. The first kappa shape index (κ1) is 21.3. The third kappa shape index (κ3) is 5.49. The number of aryl methyl sites for hydroxylation is 1. The maximum Gasteiger partial charge on any atom is 0.330 e. The van der Waals surface area contributed by atoms with Crippen molar-refractivity contribution in [2.45, 2.75) is 65.0 Å². The van der Waals surface area contributed by atoms with E-state index in [0.717, 1.165) is 0 Å². The Labute approximate surface area is 156 Å². The molecular weight excluding hydrogens is 368 g/mol. The van der Waals surface area contributed by atoms with Crippen LogP contribution in [0.2, 0.25) is 39.3 Å². The first-order valence-electron chi connectivity index (χ1n) is 9.19. The Bertz CT molecular complexity index is 732. The minimum Gasteiger partial charge on any atom is -0.417 e. The average molecular weight is 401 g/mol. The van der Waals surface area contributed by atoms with E-state index in [9.17, 15) is 9.59 Å². The second kappa shape index (κ2) is 7.93. The van der Waals surface area contributed by atoms with E-state index < -0.39 is 28.6 Å². The maximum atomic E-state index is 12.4. The molecule has 0 aromatic carbocycles. The molecule has 0 amide bonds. The smallest absolute Gasteiger partial charge is 0.330 e. The minimum atomic E-state index is -1.78. The number of rotatable bonds is 7. The highest BCUT2D eigenvalue weighted by molar-refractivity contribution is 6.70. The van der Waals surface area contributed by atoms with E-state index in [1.165, 1.54) is 4.57 Å². The molecule has 1 aliphatic heterocycles. The average Bonchev–Trinajstić information content (AvgIpc) is 2.85. The third-order valence-electron chi connectivity index (χ3n) is 4.19. The summed E-state index contributed by atoms with van der Waals surface area (Å²) in [5.41, 5.74) is -0.229. The molecule has 3 unspecified atom stereocenters. The molecule has 9 heteroatoms. The Balaban J connectivity index is 2.36. The quantitative estimate of drug-likeness (QED) is 0.710. The van der Waals surface area contributed by atoms with Crippen LogP contribution in [0.1, 0.15) is 18.7 Å². The van der Waals surface area contributed by atoms with Gasteiger partial charge in [0, 0.05) is 18.4 Å². The molecule has 0 spiro atoms. The van der Waals surface area contributed by atoms with Gasteiger partial charge in [0.1, 0.15) is 6.23 Å². The van der Waals surface area contributed by atoms with Crippen LogP contribution in [0.25, 0.3) is 0 Å². The molecule has 3 atom stereocenters. The summed E-state index contributed by atoms with van der Waals surface area (Å²) in [6, 6.07) is 0. The molecule has 1 N–H and O–H groups in total. The van der Waals surface area contributed by atoms with Crippen LogP contribution in [-0.4, -0.2) is 45.5 Å². The van der Waals surface area contributed by atoms with E-state index >= 15 is 0 Å². The third-order valence-corrected chi connectivity index (χ3v) is 6.23. The predicted molar refractivity (Wildman–Crippen MR) is 107 cm³/mol. The summed E-state index contributed by atoms with van der Waals surface area (Å²) in [7, 11) is -3.51. The van der Waals surface area contributed by atoms with Gasteiger partial charge in [0.15, 0.2) is 16.6 Å². The van der Waals surface area contributed by atoms with E-state index in [1.807, 2.05) is 6.92 Å². The van der Waals surface area contributed by atoms with Crippen LogP contribution in [0.3, 0.4) is 0 Å². The Morgan fingerprint density at radius 2 is 1.85 bits per heavy atom. The Morgan fingerprint density at radius 1 is 1.19 bits per heavy atom. The van der Waals surface area contributed by atoms with Crippen LogP contribution < -0.4 is 11.2 Å². The van der Waals surface area contributed by atoms with Crippen molar-refractivity contribution < 1.29 is 13.6 Å². The summed E-state index contributed by atoms with van der Waals surface area (Å²) in [6.45, 7) is 15.6. The lowest BCUT2D eigenvalue weighted by Crippen LogP contribution is -2.42. The number of ether oxygens (including phenoxy) is 1. The second-order valence-corrected chi connectivity index (χ2v) is 17.7. The maximum absolute atomic E-state index is 12.4. The topological polar surface area (TPSA) is 82.6 Å². The summed E-state index contributed by atoms with van der Waals surface area (Å²) < 4.78 is 19.9. The van der Waals surface area contributed by atoms with Crippen LogP contribution in [0, 0.1) is 5.92 Å². The first-order valence-corrected chi connectivity index (χ1v) is 16.0. The number of nitrogens with one attached hydrogen (secondary N) is 1. The van der Waals surface area contributed by atoms with Crippen LogP contribution in [0.5, 0.6) is 0 Å². The number of H-pyrrole nitrogens is 1. The van der Waals surface area contributed by atoms with Gasteiger partial charge in [0.25, 0.3) is 5.56 Å². The van der Waals surface area contributed by atoms with Gasteiger partial charge in [-0.2, -0.15) is 0 Å². The fourth-order valence-corrected chi connectivity index (χ4v) is 4.83. The monoisotopic (exact) mass is 400 g/mol. The molecule has 1 saturated heterocycles. The number of aromatic amines is 1. The first-order chi connectivity index (χ1) is 11.9. The van der Waals surface area contributed by atoms with Crippen molar-refractivity contribution in [3.8, 4) is 0 Å². The van der Waals surface area contributed by atoms with Crippen molar-refractivity contribution in [3.05, 3.63) is 32.6 Å². The summed E-state index contributed by atoms with van der Waals surface area (Å²) >= 11 is 0. The van der Waals surface area contributed by atoms with E-state index in [1.54, 1.807) is 6.20 Å². The van der Waals surface area contributed by atoms with Gasteiger partial charge in [-0.25, -0.2) is 4.79 Å². The normalized spacial score (nSPS) is 24.2. The van der Waals surface area contributed by atoms with Gasteiger partial charge in [-0.3, -0.25) is 14.3 Å². The molecule has 0 saturated carbocycles. The van der Waals surface area contributed by atoms with E-state index in [2.05, 4.69) is 44.3 Å². The number of hydrogen-bond acceptors (Lipinski definition) is 5. The van der Waals surface area contributed by atoms with Gasteiger partial charge in [-0.15, -0.1) is 0 Å². The van der Waals surface area contributed by atoms with Gasteiger partial charge < -0.3 is 13.6 Å². The van der Waals surface area contributed by atoms with Crippen LogP contribution in [0.15, 0.2) is 15.8 Å². The molecule has 0 aliphatic carbocycles.